The molecule has 3 heterocycles. The molecule has 1 aliphatic heterocycles. The van der Waals surface area contributed by atoms with E-state index in [0.29, 0.717) is 38.7 Å². The Morgan fingerprint density at radius 1 is 1.04 bits per heavy atom. The van der Waals surface area contributed by atoms with Crippen molar-refractivity contribution in [3.63, 3.8) is 0 Å². The van der Waals surface area contributed by atoms with Crippen LogP contribution in [0.2, 0.25) is 15.1 Å². The molecule has 45 heavy (non-hydrogen) atoms. The molecule has 0 bridgehead atoms. The molecule has 236 valence electrons. The van der Waals surface area contributed by atoms with Gasteiger partial charge in [0, 0.05) is 30.1 Å². The van der Waals surface area contributed by atoms with Crippen LogP contribution in [-0.4, -0.2) is 39.4 Å². The molecule has 4 aromatic rings. The zero-order valence-electron chi connectivity index (χ0n) is 23.4. The monoisotopic (exact) mass is 681 g/mol. The van der Waals surface area contributed by atoms with Crippen molar-refractivity contribution in [2.75, 3.05) is 18.0 Å². The highest BCUT2D eigenvalue weighted by atomic mass is 35.5. The van der Waals surface area contributed by atoms with Crippen LogP contribution in [0.15, 0.2) is 53.1 Å². The van der Waals surface area contributed by atoms with Crippen molar-refractivity contribution in [2.24, 2.45) is 0 Å². The fraction of sp³-hybridized carbons (Fsp3) is 0.323. The third-order valence-corrected chi connectivity index (χ3v) is 9.00. The van der Waals surface area contributed by atoms with Crippen molar-refractivity contribution in [3.05, 3.63) is 91.7 Å². The van der Waals surface area contributed by atoms with Crippen LogP contribution in [0, 0.1) is 0 Å². The number of carboxylic acid groups (broad SMARTS) is 1. The van der Waals surface area contributed by atoms with E-state index in [1.54, 1.807) is 36.4 Å². The highest BCUT2D eigenvalue weighted by Crippen LogP contribution is 2.46. The van der Waals surface area contributed by atoms with E-state index in [0.717, 1.165) is 30.2 Å². The predicted molar refractivity (Wildman–Crippen MR) is 161 cm³/mol. The fourth-order valence-electron chi connectivity index (χ4n) is 5.49. The van der Waals surface area contributed by atoms with Crippen molar-refractivity contribution in [1.82, 2.24) is 10.1 Å². The van der Waals surface area contributed by atoms with E-state index in [4.69, 9.17) is 44.1 Å². The molecule has 2 aromatic carbocycles. The van der Waals surface area contributed by atoms with Gasteiger partial charge in [0.05, 0.1) is 31.8 Å². The van der Waals surface area contributed by atoms with Crippen LogP contribution in [-0.2, 0) is 18.4 Å². The Morgan fingerprint density at radius 2 is 1.73 bits per heavy atom. The second kappa shape index (κ2) is 12.0. The third-order valence-electron chi connectivity index (χ3n) is 8.06. The summed E-state index contributed by atoms with van der Waals surface area (Å²) in [5.74, 6) is -0.243. The smallest absolute Gasteiger partial charge is 0.433 e. The average Bonchev–Trinajstić information content (AvgIpc) is 3.75. The van der Waals surface area contributed by atoms with Gasteiger partial charge in [0.15, 0.2) is 0 Å². The number of hydrogen-bond donors (Lipinski definition) is 2. The van der Waals surface area contributed by atoms with Gasteiger partial charge < -0.3 is 24.4 Å². The number of piperidine rings is 1. The maximum atomic E-state index is 13.4. The average molecular weight is 683 g/mol. The number of aromatic carboxylic acids is 1. The lowest BCUT2D eigenvalue weighted by Crippen LogP contribution is -2.43. The number of aromatic nitrogens is 2. The first-order valence-corrected chi connectivity index (χ1v) is 15.1. The van der Waals surface area contributed by atoms with Crippen molar-refractivity contribution in [1.29, 1.82) is 0 Å². The second-order valence-electron chi connectivity index (χ2n) is 11.1. The Hall–Kier alpha value is -3.51. The second-order valence-corrected chi connectivity index (χ2v) is 12.3. The molecule has 0 amide bonds. The van der Waals surface area contributed by atoms with E-state index >= 15 is 0 Å². The van der Waals surface area contributed by atoms with Crippen molar-refractivity contribution in [2.45, 2.75) is 50.0 Å². The number of carbonyl (C=O) groups is 1. The Labute approximate surface area is 270 Å². The highest BCUT2D eigenvalue weighted by Gasteiger charge is 2.39. The quantitative estimate of drug-likeness (QED) is 0.191. The third kappa shape index (κ3) is 6.44. The van der Waals surface area contributed by atoms with Gasteiger partial charge in [0.25, 0.3) is 0 Å². The van der Waals surface area contributed by atoms with Crippen LogP contribution < -0.4 is 9.64 Å². The van der Waals surface area contributed by atoms with E-state index in [9.17, 15) is 28.2 Å². The number of hydrogen-bond acceptors (Lipinski definition) is 7. The van der Waals surface area contributed by atoms with E-state index in [2.05, 4.69) is 10.1 Å². The summed E-state index contributed by atoms with van der Waals surface area (Å²) in [6.07, 6.45) is -2.65. The van der Waals surface area contributed by atoms with E-state index < -0.39 is 29.0 Å². The first-order valence-electron chi connectivity index (χ1n) is 14.0. The summed E-state index contributed by atoms with van der Waals surface area (Å²) in [5.41, 5.74) is -0.984. The molecule has 0 spiro atoms. The largest absolute Gasteiger partial charge is 0.489 e. The van der Waals surface area contributed by atoms with Crippen LogP contribution >= 0.6 is 34.8 Å². The van der Waals surface area contributed by atoms with Crippen LogP contribution in [0.4, 0.5) is 19.0 Å². The van der Waals surface area contributed by atoms with Gasteiger partial charge in [-0.25, -0.2) is 9.78 Å². The van der Waals surface area contributed by atoms with E-state index in [-0.39, 0.29) is 49.3 Å². The van der Waals surface area contributed by atoms with Gasteiger partial charge in [-0.2, -0.15) is 13.2 Å². The SMILES string of the molecule is O=C(O)c1cc(N2CCC(O)(c3ccc(OCc4c(-c5c(Cl)cccc5Cl)noc4C4CC4)cc3Cl)CC2)nc(C(F)(F)F)c1. The first-order chi connectivity index (χ1) is 21.3. The minimum absolute atomic E-state index is 0.101. The number of aliphatic hydroxyl groups is 1. The molecule has 0 radical (unpaired) electrons. The zero-order chi connectivity index (χ0) is 32.1. The molecule has 6 rings (SSSR count). The summed E-state index contributed by atoms with van der Waals surface area (Å²) < 4.78 is 51.9. The molecule has 14 heteroatoms. The number of anilines is 1. The molecule has 2 aliphatic rings. The number of halogens is 6. The number of pyridine rings is 1. The van der Waals surface area contributed by atoms with Crippen molar-refractivity contribution < 1.29 is 37.4 Å². The maximum absolute atomic E-state index is 13.4. The Balaban J connectivity index is 1.18. The summed E-state index contributed by atoms with van der Waals surface area (Å²) >= 11 is 19.5. The van der Waals surface area contributed by atoms with Crippen molar-refractivity contribution in [3.8, 4) is 17.0 Å². The summed E-state index contributed by atoms with van der Waals surface area (Å²) in [6.45, 7) is 0.329. The minimum atomic E-state index is -4.81. The Morgan fingerprint density at radius 3 is 2.33 bits per heavy atom. The van der Waals surface area contributed by atoms with Crippen LogP contribution in [0.3, 0.4) is 0 Å². The van der Waals surface area contributed by atoms with Crippen molar-refractivity contribution >= 4 is 46.6 Å². The van der Waals surface area contributed by atoms with Gasteiger partial charge in [-0.15, -0.1) is 0 Å². The number of nitrogens with zero attached hydrogens (tertiary/aromatic N) is 3. The van der Waals surface area contributed by atoms with Crippen LogP contribution in [0.5, 0.6) is 5.75 Å². The van der Waals surface area contributed by atoms with E-state index in [1.165, 1.54) is 4.90 Å². The molecular weight excluding hydrogens is 658 g/mol. The molecule has 2 N–H and O–H groups in total. The fourth-order valence-corrected chi connectivity index (χ4v) is 6.41. The number of rotatable bonds is 8. The van der Waals surface area contributed by atoms with Gasteiger partial charge in [0.1, 0.15) is 35.3 Å². The number of alkyl halides is 3. The van der Waals surface area contributed by atoms with Gasteiger partial charge in [-0.1, -0.05) is 52.1 Å². The minimum Gasteiger partial charge on any atom is -0.489 e. The molecule has 2 fully saturated rings. The summed E-state index contributed by atoms with van der Waals surface area (Å²) in [6, 6.07) is 11.7. The molecule has 1 saturated carbocycles. The molecule has 2 aromatic heterocycles. The van der Waals surface area contributed by atoms with Gasteiger partial charge in [-0.05, 0) is 62.1 Å². The van der Waals surface area contributed by atoms with Crippen LogP contribution in [0.25, 0.3) is 11.3 Å². The van der Waals surface area contributed by atoms with Crippen LogP contribution in [0.1, 0.15) is 64.5 Å². The van der Waals surface area contributed by atoms with Gasteiger partial charge in [-0.3, -0.25) is 0 Å². The molecule has 1 saturated heterocycles. The predicted octanol–water partition coefficient (Wildman–Crippen LogP) is 8.36. The first kappa shape index (κ1) is 31.5. The Kier molecular flexibility index (Phi) is 8.40. The molecule has 1 aliphatic carbocycles. The molecule has 0 atom stereocenters. The normalized spacial score (nSPS) is 16.6. The topological polar surface area (TPSA) is 109 Å². The zero-order valence-corrected chi connectivity index (χ0v) is 25.6. The van der Waals surface area contributed by atoms with Gasteiger partial charge >= 0.3 is 12.1 Å². The highest BCUT2D eigenvalue weighted by molar-refractivity contribution is 6.39. The molecular formula is C31H25Cl3F3N3O5. The summed E-state index contributed by atoms with van der Waals surface area (Å²) in [5, 5.41) is 26.2. The lowest BCUT2D eigenvalue weighted by atomic mass is 9.84. The lowest BCUT2D eigenvalue weighted by molar-refractivity contribution is -0.141. The summed E-state index contributed by atoms with van der Waals surface area (Å²) in [7, 11) is 0. The molecule has 8 nitrogen and oxygen atoms in total. The maximum Gasteiger partial charge on any atom is 0.433 e. The Bertz CT molecular complexity index is 1750. The standard InChI is InChI=1S/C31H25Cl3F3N3O5/c32-21-2-1-3-22(33)26(21)27-19(28(45-39-27)16-4-5-16)15-44-18-6-7-20(23(34)14-18)30(43)8-10-40(11-9-30)25-13-17(29(41)42)12-24(38-25)31(35,36)37/h1-3,6-7,12-14,16,43H,4-5,8-11,15H2,(H,41,42). The lowest BCUT2D eigenvalue weighted by Gasteiger charge is -2.39. The number of ether oxygens (including phenoxy) is 1. The summed E-state index contributed by atoms with van der Waals surface area (Å²) in [4.78, 5) is 16.6. The number of benzene rings is 2. The van der Waals surface area contributed by atoms with Gasteiger partial charge in [0.2, 0.25) is 0 Å². The van der Waals surface area contributed by atoms with E-state index in [1.807, 2.05) is 0 Å². The number of carboxylic acids is 1. The molecule has 0 unspecified atom stereocenters.